The lowest BCUT2D eigenvalue weighted by Gasteiger charge is -2.09. The molecule has 8 heteroatoms. The van der Waals surface area contributed by atoms with Crippen molar-refractivity contribution in [2.24, 2.45) is 5.92 Å². The molecule has 0 heterocycles. The van der Waals surface area contributed by atoms with E-state index >= 15 is 0 Å². The van der Waals surface area contributed by atoms with Crippen LogP contribution < -0.4 is 25.6 Å². The van der Waals surface area contributed by atoms with Gasteiger partial charge in [0.2, 0.25) is 5.91 Å². The Morgan fingerprint density at radius 2 is 1.61 bits per heavy atom. The number of benzene rings is 2. The number of hydrogen-bond acceptors (Lipinski definition) is 5. The first-order valence-corrected chi connectivity index (χ1v) is 9.72. The number of rotatable bonds is 8. The predicted molar refractivity (Wildman–Crippen MR) is 119 cm³/mol. The fourth-order valence-electron chi connectivity index (χ4n) is 2.65. The summed E-state index contributed by atoms with van der Waals surface area (Å²) in [6.45, 7) is 3.93. The highest BCUT2D eigenvalue weighted by atomic mass is 16.5. The van der Waals surface area contributed by atoms with Crippen LogP contribution in [0.4, 0.5) is 5.69 Å². The molecule has 0 spiro atoms. The lowest BCUT2D eigenvalue weighted by Crippen LogP contribution is -2.40. The van der Waals surface area contributed by atoms with E-state index in [1.165, 1.54) is 13.2 Å². The monoisotopic (exact) mass is 425 g/mol. The lowest BCUT2D eigenvalue weighted by molar-refractivity contribution is -0.117. The highest BCUT2D eigenvalue weighted by molar-refractivity contribution is 5.98. The Bertz CT molecular complexity index is 952. The van der Waals surface area contributed by atoms with E-state index in [9.17, 15) is 14.4 Å². The van der Waals surface area contributed by atoms with Crippen LogP contribution in [0.15, 0.2) is 48.5 Å². The number of nitrogens with one attached hydrogen (secondary N) is 3. The van der Waals surface area contributed by atoms with Gasteiger partial charge in [-0.1, -0.05) is 19.9 Å². The Kier molecular flexibility index (Phi) is 8.63. The summed E-state index contributed by atoms with van der Waals surface area (Å²) in [4.78, 5) is 36.0. The van der Waals surface area contributed by atoms with Crippen LogP contribution in [0, 0.1) is 5.92 Å². The normalized spacial score (nSPS) is 10.6. The smallest absolute Gasteiger partial charge is 0.269 e. The van der Waals surface area contributed by atoms with E-state index < -0.39 is 11.8 Å². The average molecular weight is 425 g/mol. The maximum Gasteiger partial charge on any atom is 0.269 e. The SMILES string of the molecule is COc1ccc(C=CC(=O)NNC(=O)c2ccc(NC(=O)CC(C)C)cc2)cc1OC. The molecule has 0 saturated carbocycles. The quantitative estimate of drug-likeness (QED) is 0.445. The zero-order chi connectivity index (χ0) is 22.8. The molecule has 0 atom stereocenters. The van der Waals surface area contributed by atoms with Gasteiger partial charge in [0, 0.05) is 23.7 Å². The molecule has 3 N–H and O–H groups in total. The minimum atomic E-state index is -0.499. The molecule has 8 nitrogen and oxygen atoms in total. The van der Waals surface area contributed by atoms with E-state index in [1.807, 2.05) is 13.8 Å². The van der Waals surface area contributed by atoms with Crippen molar-refractivity contribution >= 4 is 29.5 Å². The number of carbonyl (C=O) groups is 3. The number of amides is 3. The molecule has 0 aromatic heterocycles. The van der Waals surface area contributed by atoms with Crippen molar-refractivity contribution in [3.8, 4) is 11.5 Å². The van der Waals surface area contributed by atoms with Crippen LogP contribution in [0.3, 0.4) is 0 Å². The van der Waals surface area contributed by atoms with Gasteiger partial charge in [0.15, 0.2) is 11.5 Å². The van der Waals surface area contributed by atoms with Crippen molar-refractivity contribution in [2.75, 3.05) is 19.5 Å². The minimum Gasteiger partial charge on any atom is -0.493 e. The van der Waals surface area contributed by atoms with E-state index in [0.717, 1.165) is 5.56 Å². The van der Waals surface area contributed by atoms with Gasteiger partial charge in [0.05, 0.1) is 14.2 Å². The summed E-state index contributed by atoms with van der Waals surface area (Å²) >= 11 is 0. The Hall–Kier alpha value is -3.81. The summed E-state index contributed by atoms with van der Waals surface area (Å²) in [5.74, 6) is 0.327. The van der Waals surface area contributed by atoms with E-state index in [4.69, 9.17) is 9.47 Å². The topological polar surface area (TPSA) is 106 Å². The molecule has 0 aliphatic heterocycles. The first-order valence-electron chi connectivity index (χ1n) is 9.72. The molecule has 0 aliphatic rings. The van der Waals surface area contributed by atoms with Crippen LogP contribution in [0.1, 0.15) is 36.2 Å². The number of carbonyl (C=O) groups excluding carboxylic acids is 3. The summed E-state index contributed by atoms with van der Waals surface area (Å²) in [5, 5.41) is 2.77. The van der Waals surface area contributed by atoms with Crippen molar-refractivity contribution in [3.05, 3.63) is 59.7 Å². The van der Waals surface area contributed by atoms with Crippen LogP contribution in [0.5, 0.6) is 11.5 Å². The first-order chi connectivity index (χ1) is 14.8. The van der Waals surface area contributed by atoms with Crippen LogP contribution in [-0.2, 0) is 9.59 Å². The number of ether oxygens (including phenoxy) is 2. The third-order valence-electron chi connectivity index (χ3n) is 4.16. The zero-order valence-electron chi connectivity index (χ0n) is 18.0. The van der Waals surface area contributed by atoms with Gasteiger partial charge in [-0.2, -0.15) is 0 Å². The second-order valence-electron chi connectivity index (χ2n) is 7.11. The van der Waals surface area contributed by atoms with Crippen molar-refractivity contribution in [1.82, 2.24) is 10.9 Å². The van der Waals surface area contributed by atoms with Crippen molar-refractivity contribution in [2.45, 2.75) is 20.3 Å². The molecule has 0 radical (unpaired) electrons. The third kappa shape index (κ3) is 7.50. The van der Waals surface area contributed by atoms with Crippen molar-refractivity contribution in [3.63, 3.8) is 0 Å². The Morgan fingerprint density at radius 3 is 2.23 bits per heavy atom. The van der Waals surface area contributed by atoms with Gasteiger partial charge in [-0.05, 0) is 54.0 Å². The standard InChI is InChI=1S/C23H27N3O5/c1-15(2)13-22(28)24-18-9-7-17(8-10-18)23(29)26-25-21(27)12-6-16-5-11-19(30-3)20(14-16)31-4/h5-12,14-15H,13H2,1-4H3,(H,24,28)(H,25,27)(H,26,29). The summed E-state index contributed by atoms with van der Waals surface area (Å²) < 4.78 is 10.4. The fraction of sp³-hybridized carbons (Fsp3) is 0.261. The zero-order valence-corrected chi connectivity index (χ0v) is 18.0. The van der Waals surface area contributed by atoms with E-state index in [0.29, 0.717) is 29.2 Å². The highest BCUT2D eigenvalue weighted by Crippen LogP contribution is 2.27. The number of hydrogen-bond donors (Lipinski definition) is 3. The molecule has 0 bridgehead atoms. The second kappa shape index (κ2) is 11.4. The van der Waals surface area contributed by atoms with Gasteiger partial charge < -0.3 is 14.8 Å². The third-order valence-corrected chi connectivity index (χ3v) is 4.16. The van der Waals surface area contributed by atoms with Gasteiger partial charge in [-0.25, -0.2) is 0 Å². The van der Waals surface area contributed by atoms with Crippen LogP contribution in [0.2, 0.25) is 0 Å². The number of anilines is 1. The number of hydrazine groups is 1. The molecular formula is C23H27N3O5. The molecule has 0 saturated heterocycles. The maximum atomic E-state index is 12.2. The molecule has 164 valence electrons. The second-order valence-corrected chi connectivity index (χ2v) is 7.11. The average Bonchev–Trinajstić information content (AvgIpc) is 2.75. The summed E-state index contributed by atoms with van der Waals surface area (Å²) in [6, 6.07) is 11.6. The molecule has 2 aromatic carbocycles. The molecule has 2 rings (SSSR count). The van der Waals surface area contributed by atoms with Crippen LogP contribution in [0.25, 0.3) is 6.08 Å². The molecular weight excluding hydrogens is 398 g/mol. The van der Waals surface area contributed by atoms with Crippen LogP contribution >= 0.6 is 0 Å². The summed E-state index contributed by atoms with van der Waals surface area (Å²) in [6.07, 6.45) is 3.29. The fourth-order valence-corrected chi connectivity index (χ4v) is 2.65. The molecule has 31 heavy (non-hydrogen) atoms. The van der Waals surface area contributed by atoms with Crippen LogP contribution in [-0.4, -0.2) is 31.9 Å². The number of methoxy groups -OCH3 is 2. The van der Waals surface area contributed by atoms with Crippen molar-refractivity contribution in [1.29, 1.82) is 0 Å². The van der Waals surface area contributed by atoms with E-state index in [-0.39, 0.29) is 11.8 Å². The minimum absolute atomic E-state index is 0.0827. The molecule has 0 fully saturated rings. The lowest BCUT2D eigenvalue weighted by atomic mass is 10.1. The summed E-state index contributed by atoms with van der Waals surface area (Å²) in [5.41, 5.74) is 6.33. The molecule has 0 aliphatic carbocycles. The maximum absolute atomic E-state index is 12.2. The molecule has 2 aromatic rings. The molecule has 3 amide bonds. The largest absolute Gasteiger partial charge is 0.493 e. The molecule has 0 unspecified atom stereocenters. The Morgan fingerprint density at radius 1 is 0.935 bits per heavy atom. The van der Waals surface area contributed by atoms with Gasteiger partial charge >= 0.3 is 0 Å². The van der Waals surface area contributed by atoms with Gasteiger partial charge in [-0.15, -0.1) is 0 Å². The van der Waals surface area contributed by atoms with Gasteiger partial charge in [0.1, 0.15) is 0 Å². The van der Waals surface area contributed by atoms with Gasteiger partial charge in [-0.3, -0.25) is 25.2 Å². The predicted octanol–water partition coefficient (Wildman–Crippen LogP) is 3.16. The Labute approximate surface area is 181 Å². The highest BCUT2D eigenvalue weighted by Gasteiger charge is 2.09. The first kappa shape index (κ1) is 23.5. The summed E-state index contributed by atoms with van der Waals surface area (Å²) in [7, 11) is 3.07. The van der Waals surface area contributed by atoms with E-state index in [1.54, 1.807) is 55.7 Å². The van der Waals surface area contributed by atoms with E-state index in [2.05, 4.69) is 16.2 Å². The van der Waals surface area contributed by atoms with Crippen molar-refractivity contribution < 1.29 is 23.9 Å². The Balaban J connectivity index is 1.87. The van der Waals surface area contributed by atoms with Gasteiger partial charge in [0.25, 0.3) is 11.8 Å².